The predicted molar refractivity (Wildman–Crippen MR) is 99.5 cm³/mol. The summed E-state index contributed by atoms with van der Waals surface area (Å²) < 4.78 is 5.55. The van der Waals surface area contributed by atoms with E-state index >= 15 is 0 Å². The highest BCUT2D eigenvalue weighted by Gasteiger charge is 2.17. The fourth-order valence-corrected chi connectivity index (χ4v) is 2.63. The van der Waals surface area contributed by atoms with Crippen LogP contribution in [0.15, 0.2) is 84.9 Å². The highest BCUT2D eigenvalue weighted by molar-refractivity contribution is 5.78. The summed E-state index contributed by atoms with van der Waals surface area (Å²) >= 11 is 0. The molecule has 0 aliphatic heterocycles. The van der Waals surface area contributed by atoms with Gasteiger partial charge in [0, 0.05) is 0 Å². The fraction of sp³-hybridized carbons (Fsp3) is 0.136. The number of hydrogen-bond donors (Lipinski definition) is 1. The molecule has 0 saturated carbocycles. The molecule has 0 aliphatic carbocycles. The first-order valence-electron chi connectivity index (χ1n) is 8.31. The quantitative estimate of drug-likeness (QED) is 0.732. The van der Waals surface area contributed by atoms with Gasteiger partial charge in [-0.25, -0.2) is 0 Å². The molecule has 0 radical (unpaired) electrons. The second-order valence-electron chi connectivity index (χ2n) is 5.92. The Morgan fingerprint density at radius 3 is 2.04 bits per heavy atom. The van der Waals surface area contributed by atoms with Crippen molar-refractivity contribution in [3.63, 3.8) is 0 Å². The normalized spacial score (nSPS) is 11.6. The summed E-state index contributed by atoms with van der Waals surface area (Å²) in [5, 5.41) is 3.08. The standard InChI is InChI=1S/C22H21NO2/c1-17-12-14-19(15-13-17)22(18-8-4-2-5-9-18)23-21(24)16-25-20-10-6-3-7-11-20/h2-15,22H,16H2,1H3,(H,23,24). The molecule has 0 bridgehead atoms. The van der Waals surface area contributed by atoms with Crippen LogP contribution in [0.4, 0.5) is 0 Å². The zero-order chi connectivity index (χ0) is 17.5. The zero-order valence-corrected chi connectivity index (χ0v) is 14.2. The van der Waals surface area contributed by atoms with E-state index in [4.69, 9.17) is 4.74 Å². The number of nitrogens with one attached hydrogen (secondary N) is 1. The Morgan fingerprint density at radius 2 is 1.40 bits per heavy atom. The monoisotopic (exact) mass is 331 g/mol. The maximum atomic E-state index is 12.4. The van der Waals surface area contributed by atoms with Crippen LogP contribution in [-0.4, -0.2) is 12.5 Å². The summed E-state index contributed by atoms with van der Waals surface area (Å²) in [6, 6.07) is 27.3. The minimum absolute atomic E-state index is 0.0147. The molecule has 0 heterocycles. The third-order valence-corrected chi connectivity index (χ3v) is 3.96. The summed E-state index contributed by atoms with van der Waals surface area (Å²) in [7, 11) is 0. The first kappa shape index (κ1) is 16.8. The van der Waals surface area contributed by atoms with Crippen molar-refractivity contribution in [2.24, 2.45) is 0 Å². The van der Waals surface area contributed by atoms with Crippen LogP contribution < -0.4 is 10.1 Å². The van der Waals surface area contributed by atoms with Crippen molar-refractivity contribution in [2.45, 2.75) is 13.0 Å². The molecule has 3 aromatic rings. The minimum Gasteiger partial charge on any atom is -0.484 e. The van der Waals surface area contributed by atoms with Gasteiger partial charge in [0.1, 0.15) is 5.75 Å². The van der Waals surface area contributed by atoms with Gasteiger partial charge < -0.3 is 10.1 Å². The van der Waals surface area contributed by atoms with Crippen LogP contribution in [0.1, 0.15) is 22.7 Å². The molecule has 3 heteroatoms. The lowest BCUT2D eigenvalue weighted by atomic mass is 9.98. The molecule has 0 aliphatic rings. The molecule has 0 saturated heterocycles. The maximum Gasteiger partial charge on any atom is 0.258 e. The lowest BCUT2D eigenvalue weighted by Gasteiger charge is -2.20. The van der Waals surface area contributed by atoms with Crippen molar-refractivity contribution in [3.8, 4) is 5.75 Å². The van der Waals surface area contributed by atoms with Gasteiger partial charge in [0.25, 0.3) is 5.91 Å². The van der Waals surface area contributed by atoms with Crippen LogP contribution in [0.5, 0.6) is 5.75 Å². The fourth-order valence-electron chi connectivity index (χ4n) is 2.63. The van der Waals surface area contributed by atoms with Crippen molar-refractivity contribution in [2.75, 3.05) is 6.61 Å². The van der Waals surface area contributed by atoms with E-state index in [1.54, 1.807) is 0 Å². The largest absolute Gasteiger partial charge is 0.484 e. The van der Waals surface area contributed by atoms with Gasteiger partial charge in [-0.1, -0.05) is 78.4 Å². The molecule has 1 unspecified atom stereocenters. The van der Waals surface area contributed by atoms with Gasteiger partial charge in [-0.3, -0.25) is 4.79 Å². The molecule has 1 amide bonds. The van der Waals surface area contributed by atoms with Gasteiger partial charge in [-0.15, -0.1) is 0 Å². The second kappa shape index (κ2) is 8.15. The third kappa shape index (κ3) is 4.70. The Morgan fingerprint density at radius 1 is 0.840 bits per heavy atom. The molecule has 1 atom stereocenters. The smallest absolute Gasteiger partial charge is 0.258 e. The van der Waals surface area contributed by atoms with Gasteiger partial charge in [0.15, 0.2) is 6.61 Å². The number of benzene rings is 3. The van der Waals surface area contributed by atoms with E-state index in [9.17, 15) is 4.79 Å². The highest BCUT2D eigenvalue weighted by Crippen LogP contribution is 2.22. The Kier molecular flexibility index (Phi) is 5.47. The van der Waals surface area contributed by atoms with E-state index in [1.807, 2.05) is 79.7 Å². The lowest BCUT2D eigenvalue weighted by Crippen LogP contribution is -2.33. The van der Waals surface area contributed by atoms with Gasteiger partial charge in [0.05, 0.1) is 6.04 Å². The first-order chi connectivity index (χ1) is 12.2. The number of carbonyl (C=O) groups is 1. The molecule has 0 aromatic heterocycles. The van der Waals surface area contributed by atoms with Crippen LogP contribution >= 0.6 is 0 Å². The van der Waals surface area contributed by atoms with Crippen molar-refractivity contribution in [3.05, 3.63) is 102 Å². The van der Waals surface area contributed by atoms with Gasteiger partial charge >= 0.3 is 0 Å². The summed E-state index contributed by atoms with van der Waals surface area (Å²) in [6.07, 6.45) is 0. The van der Waals surface area contributed by atoms with Crippen LogP contribution in [0.2, 0.25) is 0 Å². The molecular weight excluding hydrogens is 310 g/mol. The van der Waals surface area contributed by atoms with Crippen LogP contribution in [0.3, 0.4) is 0 Å². The molecule has 25 heavy (non-hydrogen) atoms. The molecule has 126 valence electrons. The molecule has 0 spiro atoms. The number of amides is 1. The van der Waals surface area contributed by atoms with Crippen molar-refractivity contribution >= 4 is 5.91 Å². The van der Waals surface area contributed by atoms with E-state index in [-0.39, 0.29) is 18.6 Å². The van der Waals surface area contributed by atoms with Gasteiger partial charge in [-0.05, 0) is 30.2 Å². The summed E-state index contributed by atoms with van der Waals surface area (Å²) in [6.45, 7) is 2.03. The summed E-state index contributed by atoms with van der Waals surface area (Å²) in [5.41, 5.74) is 3.28. The average molecular weight is 331 g/mol. The number of para-hydroxylation sites is 1. The third-order valence-electron chi connectivity index (χ3n) is 3.96. The Balaban J connectivity index is 1.73. The van der Waals surface area contributed by atoms with E-state index in [0.717, 1.165) is 11.1 Å². The maximum absolute atomic E-state index is 12.4. The topological polar surface area (TPSA) is 38.3 Å². The number of carbonyl (C=O) groups excluding carboxylic acids is 1. The lowest BCUT2D eigenvalue weighted by molar-refractivity contribution is -0.123. The van der Waals surface area contributed by atoms with Crippen molar-refractivity contribution in [1.82, 2.24) is 5.32 Å². The van der Waals surface area contributed by atoms with E-state index in [2.05, 4.69) is 17.4 Å². The number of hydrogen-bond acceptors (Lipinski definition) is 2. The van der Waals surface area contributed by atoms with E-state index in [1.165, 1.54) is 5.56 Å². The van der Waals surface area contributed by atoms with Crippen LogP contribution in [-0.2, 0) is 4.79 Å². The van der Waals surface area contributed by atoms with E-state index < -0.39 is 0 Å². The Labute approximate surface area is 148 Å². The number of aryl methyl sites for hydroxylation is 1. The number of rotatable bonds is 6. The molecule has 3 rings (SSSR count). The second-order valence-corrected chi connectivity index (χ2v) is 5.92. The molecule has 0 fully saturated rings. The minimum atomic E-state index is -0.200. The summed E-state index contributed by atoms with van der Waals surface area (Å²) in [4.78, 5) is 12.4. The molecule has 3 aromatic carbocycles. The zero-order valence-electron chi connectivity index (χ0n) is 14.2. The highest BCUT2D eigenvalue weighted by atomic mass is 16.5. The predicted octanol–water partition coefficient (Wildman–Crippen LogP) is 4.28. The molecule has 1 N–H and O–H groups in total. The average Bonchev–Trinajstić information content (AvgIpc) is 2.67. The molecular formula is C22H21NO2. The van der Waals surface area contributed by atoms with Crippen LogP contribution in [0.25, 0.3) is 0 Å². The SMILES string of the molecule is Cc1ccc(C(NC(=O)COc2ccccc2)c2ccccc2)cc1. The van der Waals surface area contributed by atoms with Gasteiger partial charge in [-0.2, -0.15) is 0 Å². The summed E-state index contributed by atoms with van der Waals surface area (Å²) in [5.74, 6) is 0.530. The first-order valence-corrected chi connectivity index (χ1v) is 8.31. The number of ether oxygens (including phenoxy) is 1. The van der Waals surface area contributed by atoms with Crippen molar-refractivity contribution < 1.29 is 9.53 Å². The molecule has 3 nitrogen and oxygen atoms in total. The van der Waals surface area contributed by atoms with E-state index in [0.29, 0.717) is 5.75 Å². The van der Waals surface area contributed by atoms with Crippen LogP contribution in [0, 0.1) is 6.92 Å². The van der Waals surface area contributed by atoms with Crippen molar-refractivity contribution in [1.29, 1.82) is 0 Å². The Hall–Kier alpha value is -3.07. The van der Waals surface area contributed by atoms with Gasteiger partial charge in [0.2, 0.25) is 0 Å². The Bertz CT molecular complexity index is 798.